The molecule has 0 aliphatic rings. The largest absolute Gasteiger partial charge is 0.444 e. The van der Waals surface area contributed by atoms with Crippen LogP contribution in [-0.2, 0) is 14.9 Å². The van der Waals surface area contributed by atoms with Gasteiger partial charge < -0.3 is 19.9 Å². The van der Waals surface area contributed by atoms with E-state index in [1.54, 1.807) is 20.8 Å². The number of carbonyl (C=O) groups excluding carboxylic acids is 2. The molecule has 1 rings (SSSR count). The zero-order valence-electron chi connectivity index (χ0n) is 17.6. The van der Waals surface area contributed by atoms with Crippen LogP contribution in [0.1, 0.15) is 64.2 Å². The highest BCUT2D eigenvalue weighted by Gasteiger charge is 2.28. The van der Waals surface area contributed by atoms with Gasteiger partial charge in [0.05, 0.1) is 6.42 Å². The van der Waals surface area contributed by atoms with Gasteiger partial charge >= 0.3 is 12.1 Å². The van der Waals surface area contributed by atoms with Crippen LogP contribution in [0, 0.1) is 13.8 Å². The van der Waals surface area contributed by atoms with Crippen LogP contribution in [0.2, 0.25) is 0 Å². The number of hydrogen-bond donors (Lipinski definition) is 2. The minimum absolute atomic E-state index is 0.0342. The summed E-state index contributed by atoms with van der Waals surface area (Å²) >= 11 is 0. The Hall–Kier alpha value is -2.08. The van der Waals surface area contributed by atoms with Gasteiger partial charge in [-0.3, -0.25) is 4.79 Å². The monoisotopic (exact) mass is 379 g/mol. The molecule has 27 heavy (non-hydrogen) atoms. The third-order valence-corrected chi connectivity index (χ3v) is 4.19. The third-order valence-electron chi connectivity index (χ3n) is 4.19. The zero-order valence-corrected chi connectivity index (χ0v) is 17.6. The number of carbonyl (C=O) groups is 2. The number of nitrogens with one attached hydrogen (secondary N) is 1. The quantitative estimate of drug-likeness (QED) is 0.556. The van der Waals surface area contributed by atoms with Gasteiger partial charge in [0.2, 0.25) is 0 Å². The zero-order chi connectivity index (χ0) is 20.8. The Labute approximate surface area is 162 Å². The molecule has 0 aliphatic carbocycles. The van der Waals surface area contributed by atoms with Gasteiger partial charge in [-0.1, -0.05) is 26.0 Å². The molecule has 152 valence electrons. The molecule has 2 N–H and O–H groups in total. The van der Waals surface area contributed by atoms with Crippen LogP contribution in [-0.4, -0.2) is 35.9 Å². The van der Waals surface area contributed by atoms with Crippen molar-refractivity contribution in [1.82, 2.24) is 5.32 Å². The number of alkyl carbamates (subject to hydrolysis) is 1. The van der Waals surface area contributed by atoms with Gasteiger partial charge in [0.25, 0.3) is 0 Å². The van der Waals surface area contributed by atoms with Crippen molar-refractivity contribution in [3.8, 4) is 5.75 Å². The summed E-state index contributed by atoms with van der Waals surface area (Å²) in [5.41, 5.74) is 1.86. The fourth-order valence-corrected chi connectivity index (χ4v) is 2.91. The predicted octanol–water partition coefficient (Wildman–Crippen LogP) is 3.78. The summed E-state index contributed by atoms with van der Waals surface area (Å²) in [4.78, 5) is 24.0. The second kappa shape index (κ2) is 9.22. The van der Waals surface area contributed by atoms with E-state index >= 15 is 0 Å². The molecule has 1 aromatic rings. The van der Waals surface area contributed by atoms with Crippen LogP contribution in [0.4, 0.5) is 4.79 Å². The fourth-order valence-electron chi connectivity index (χ4n) is 2.91. The van der Waals surface area contributed by atoms with Crippen LogP contribution in [0.5, 0.6) is 5.75 Å². The van der Waals surface area contributed by atoms with Crippen LogP contribution >= 0.6 is 0 Å². The molecule has 0 unspecified atom stereocenters. The molecule has 0 radical (unpaired) electrons. The first-order chi connectivity index (χ1) is 12.4. The summed E-state index contributed by atoms with van der Waals surface area (Å²) in [6.45, 7) is 13.4. The number of aryl methyl sites for hydroxylation is 2. The lowest BCUT2D eigenvalue weighted by Crippen LogP contribution is -2.34. The molecule has 0 atom stereocenters. The summed E-state index contributed by atoms with van der Waals surface area (Å²) in [5.74, 6) is 0.108. The highest BCUT2D eigenvalue weighted by molar-refractivity contribution is 5.75. The highest BCUT2D eigenvalue weighted by Crippen LogP contribution is 2.39. The lowest BCUT2D eigenvalue weighted by Gasteiger charge is -2.29. The Bertz CT molecular complexity index is 674. The number of aliphatic hydroxyl groups excluding tert-OH is 1. The standard InChI is InChI=1S/C21H33NO5/c1-14-8-9-15(2)18(17(14)21(6,7)11-13-23)26-16(24)10-12-22-19(25)27-20(3,4)5/h8-9,23H,10-13H2,1-7H3,(H,22,25). The van der Waals surface area contributed by atoms with Gasteiger partial charge in [-0.25, -0.2) is 4.79 Å². The van der Waals surface area contributed by atoms with E-state index in [2.05, 4.69) is 5.32 Å². The fraction of sp³-hybridized carbons (Fsp3) is 0.619. The van der Waals surface area contributed by atoms with Crippen molar-refractivity contribution in [2.45, 2.75) is 72.3 Å². The van der Waals surface area contributed by atoms with Crippen LogP contribution in [0.3, 0.4) is 0 Å². The van der Waals surface area contributed by atoms with Crippen molar-refractivity contribution >= 4 is 12.1 Å². The van der Waals surface area contributed by atoms with Crippen molar-refractivity contribution in [2.24, 2.45) is 0 Å². The average molecular weight is 379 g/mol. The number of aliphatic hydroxyl groups is 1. The van der Waals surface area contributed by atoms with Crippen LogP contribution < -0.4 is 10.1 Å². The number of esters is 1. The molecule has 0 aliphatic heterocycles. The first-order valence-electron chi connectivity index (χ1n) is 9.26. The third kappa shape index (κ3) is 7.21. The number of hydrogen-bond acceptors (Lipinski definition) is 5. The van der Waals surface area contributed by atoms with Crippen molar-refractivity contribution in [1.29, 1.82) is 0 Å². The maximum atomic E-state index is 12.3. The van der Waals surface area contributed by atoms with E-state index in [9.17, 15) is 14.7 Å². The summed E-state index contributed by atoms with van der Waals surface area (Å²) in [5, 5.41) is 11.9. The highest BCUT2D eigenvalue weighted by atomic mass is 16.6. The van der Waals surface area contributed by atoms with Crippen molar-refractivity contribution in [3.63, 3.8) is 0 Å². The topological polar surface area (TPSA) is 84.9 Å². The molecule has 0 fully saturated rings. The van der Waals surface area contributed by atoms with Gasteiger partial charge in [-0.15, -0.1) is 0 Å². The molecule has 0 saturated heterocycles. The molecule has 1 aromatic carbocycles. The second-order valence-electron chi connectivity index (χ2n) is 8.41. The molecular formula is C21H33NO5. The summed E-state index contributed by atoms with van der Waals surface area (Å²) in [6.07, 6.45) is 0.0287. The second-order valence-corrected chi connectivity index (χ2v) is 8.41. The van der Waals surface area contributed by atoms with E-state index in [1.807, 2.05) is 39.8 Å². The lowest BCUT2D eigenvalue weighted by molar-refractivity contribution is -0.134. The normalized spacial score (nSPS) is 11.9. The van der Waals surface area contributed by atoms with Crippen molar-refractivity contribution < 1.29 is 24.2 Å². The van der Waals surface area contributed by atoms with Crippen LogP contribution in [0.15, 0.2) is 12.1 Å². The SMILES string of the molecule is Cc1ccc(C)c(C(C)(C)CCO)c1OC(=O)CCNC(=O)OC(C)(C)C. The molecule has 0 saturated carbocycles. The maximum absolute atomic E-state index is 12.3. The number of amides is 1. The first kappa shape index (κ1) is 23.0. The number of benzene rings is 1. The van der Waals surface area contributed by atoms with E-state index in [4.69, 9.17) is 9.47 Å². The minimum atomic E-state index is -0.587. The van der Waals surface area contributed by atoms with Crippen molar-refractivity contribution in [2.75, 3.05) is 13.2 Å². The number of rotatable bonds is 7. The molecule has 0 bridgehead atoms. The minimum Gasteiger partial charge on any atom is -0.444 e. The molecule has 0 aromatic heterocycles. The van der Waals surface area contributed by atoms with E-state index in [0.29, 0.717) is 12.2 Å². The molecular weight excluding hydrogens is 346 g/mol. The van der Waals surface area contributed by atoms with Crippen molar-refractivity contribution in [3.05, 3.63) is 28.8 Å². The Kier molecular flexibility index (Phi) is 7.84. The molecule has 6 heteroatoms. The first-order valence-corrected chi connectivity index (χ1v) is 9.26. The van der Waals surface area contributed by atoms with Gasteiger partial charge in [-0.2, -0.15) is 0 Å². The van der Waals surface area contributed by atoms with Gasteiger partial charge in [-0.05, 0) is 57.6 Å². The van der Waals surface area contributed by atoms with E-state index < -0.39 is 17.7 Å². The Balaban J connectivity index is 2.82. The average Bonchev–Trinajstić information content (AvgIpc) is 2.48. The summed E-state index contributed by atoms with van der Waals surface area (Å²) in [7, 11) is 0. The predicted molar refractivity (Wildman–Crippen MR) is 105 cm³/mol. The number of ether oxygens (including phenoxy) is 2. The Morgan fingerprint density at radius 2 is 1.67 bits per heavy atom. The Morgan fingerprint density at radius 1 is 1.07 bits per heavy atom. The van der Waals surface area contributed by atoms with Crippen LogP contribution in [0.25, 0.3) is 0 Å². The van der Waals surface area contributed by atoms with Gasteiger partial charge in [0.1, 0.15) is 11.4 Å². The molecule has 0 spiro atoms. The summed E-state index contributed by atoms with van der Waals surface area (Å²) in [6, 6.07) is 3.90. The van der Waals surface area contributed by atoms with Gasteiger partial charge in [0, 0.05) is 18.7 Å². The van der Waals surface area contributed by atoms with Gasteiger partial charge in [0.15, 0.2) is 0 Å². The van der Waals surface area contributed by atoms with E-state index in [-0.39, 0.29) is 25.0 Å². The lowest BCUT2D eigenvalue weighted by atomic mass is 9.78. The van der Waals surface area contributed by atoms with E-state index in [1.165, 1.54) is 0 Å². The smallest absolute Gasteiger partial charge is 0.407 e. The van der Waals surface area contributed by atoms with E-state index in [0.717, 1.165) is 16.7 Å². The molecule has 6 nitrogen and oxygen atoms in total. The summed E-state index contributed by atoms with van der Waals surface area (Å²) < 4.78 is 10.8. The molecule has 1 amide bonds. The molecule has 0 heterocycles. The maximum Gasteiger partial charge on any atom is 0.407 e. The Morgan fingerprint density at radius 3 is 2.22 bits per heavy atom.